The minimum atomic E-state index is 0.261. The summed E-state index contributed by atoms with van der Waals surface area (Å²) in [5.41, 5.74) is 2.56. The number of carbonyl (C=O) groups excluding carboxylic acids is 1. The number of hydrogen-bond acceptors (Lipinski definition) is 2. The van der Waals surface area contributed by atoms with Gasteiger partial charge in [-0.3, -0.25) is 4.79 Å². The number of amides is 1. The third kappa shape index (κ3) is 2.84. The second-order valence-corrected chi connectivity index (χ2v) is 4.81. The van der Waals surface area contributed by atoms with Gasteiger partial charge in [0, 0.05) is 31.2 Å². The Labute approximate surface area is 109 Å². The fourth-order valence-corrected chi connectivity index (χ4v) is 2.57. The maximum Gasteiger partial charge on any atom is 0.224 e. The molecule has 98 valence electrons. The zero-order valence-corrected chi connectivity index (χ0v) is 11.3. The van der Waals surface area contributed by atoms with E-state index in [0.717, 1.165) is 25.9 Å². The van der Waals surface area contributed by atoms with Gasteiger partial charge >= 0.3 is 0 Å². The van der Waals surface area contributed by atoms with Crippen molar-refractivity contribution in [3.63, 3.8) is 0 Å². The minimum Gasteiger partial charge on any atom is -0.382 e. The Bertz CT molecular complexity index is 413. The summed E-state index contributed by atoms with van der Waals surface area (Å²) in [6, 6.07) is 8.66. The van der Waals surface area contributed by atoms with Crippen molar-refractivity contribution >= 4 is 11.6 Å². The van der Waals surface area contributed by atoms with Crippen LogP contribution >= 0.6 is 0 Å². The molecule has 0 aromatic heterocycles. The molecule has 0 aliphatic carbocycles. The van der Waals surface area contributed by atoms with E-state index in [0.29, 0.717) is 6.42 Å². The Balaban J connectivity index is 1.95. The second-order valence-electron chi connectivity index (χ2n) is 4.81. The summed E-state index contributed by atoms with van der Waals surface area (Å²) < 4.78 is 0. The van der Waals surface area contributed by atoms with Crippen LogP contribution in [-0.2, 0) is 11.2 Å². The van der Waals surface area contributed by atoms with E-state index >= 15 is 0 Å². The Hall–Kier alpha value is -1.51. The van der Waals surface area contributed by atoms with Gasteiger partial charge in [0.05, 0.1) is 0 Å². The van der Waals surface area contributed by atoms with E-state index in [1.165, 1.54) is 11.3 Å². The normalized spacial score (nSPS) is 17.8. The molecule has 3 heteroatoms. The Morgan fingerprint density at radius 1 is 1.33 bits per heavy atom. The number of carbonyl (C=O) groups is 1. The highest BCUT2D eigenvalue weighted by atomic mass is 16.2. The first-order valence-corrected chi connectivity index (χ1v) is 6.86. The van der Waals surface area contributed by atoms with Crippen LogP contribution in [0.5, 0.6) is 0 Å². The van der Waals surface area contributed by atoms with Crippen LogP contribution < -0.4 is 5.32 Å². The van der Waals surface area contributed by atoms with Crippen LogP contribution in [0.3, 0.4) is 0 Å². The number of fused-ring (bicyclic) bond motifs is 1. The van der Waals surface area contributed by atoms with E-state index in [-0.39, 0.29) is 11.9 Å². The summed E-state index contributed by atoms with van der Waals surface area (Å²) in [7, 11) is 0. The molecule has 1 aromatic carbocycles. The fraction of sp³-hybridized carbons (Fsp3) is 0.533. The molecule has 1 N–H and O–H groups in total. The zero-order valence-electron chi connectivity index (χ0n) is 11.3. The van der Waals surface area contributed by atoms with E-state index in [9.17, 15) is 4.79 Å². The average Bonchev–Trinajstić information content (AvgIpc) is 2.40. The maximum atomic E-state index is 12.1. The van der Waals surface area contributed by atoms with E-state index in [1.807, 2.05) is 24.8 Å². The van der Waals surface area contributed by atoms with Crippen molar-refractivity contribution in [3.05, 3.63) is 29.8 Å². The molecule has 0 bridgehead atoms. The van der Waals surface area contributed by atoms with Gasteiger partial charge < -0.3 is 10.2 Å². The van der Waals surface area contributed by atoms with E-state index in [1.54, 1.807) is 0 Å². The molecule has 18 heavy (non-hydrogen) atoms. The quantitative estimate of drug-likeness (QED) is 0.886. The van der Waals surface area contributed by atoms with Crippen molar-refractivity contribution in [2.75, 3.05) is 18.4 Å². The first-order chi connectivity index (χ1) is 8.74. The number of nitrogens with one attached hydrogen (secondary N) is 1. The molecule has 3 nitrogen and oxygen atoms in total. The molecule has 2 rings (SSSR count). The molecule has 1 aliphatic heterocycles. The van der Waals surface area contributed by atoms with Gasteiger partial charge in [0.15, 0.2) is 0 Å². The number of nitrogens with zero attached hydrogens (tertiary/aromatic N) is 1. The summed E-state index contributed by atoms with van der Waals surface area (Å²) in [6.45, 7) is 5.67. The molecule has 0 radical (unpaired) electrons. The lowest BCUT2D eigenvalue weighted by Gasteiger charge is -2.28. The third-order valence-corrected chi connectivity index (χ3v) is 3.68. The first kappa shape index (κ1) is 12.9. The van der Waals surface area contributed by atoms with Gasteiger partial charge in [-0.05, 0) is 38.3 Å². The molecule has 1 amide bonds. The first-order valence-electron chi connectivity index (χ1n) is 6.86. The number of rotatable bonds is 4. The number of anilines is 1. The Morgan fingerprint density at radius 3 is 2.78 bits per heavy atom. The van der Waals surface area contributed by atoms with E-state index in [4.69, 9.17) is 0 Å². The zero-order chi connectivity index (χ0) is 13.0. The van der Waals surface area contributed by atoms with Gasteiger partial charge in [0.1, 0.15) is 0 Å². The summed E-state index contributed by atoms with van der Waals surface area (Å²) in [5.74, 6) is 0.261. The van der Waals surface area contributed by atoms with Crippen molar-refractivity contribution in [2.24, 2.45) is 0 Å². The highest BCUT2D eigenvalue weighted by Crippen LogP contribution is 2.25. The lowest BCUT2D eigenvalue weighted by atomic mass is 9.96. The van der Waals surface area contributed by atoms with E-state index in [2.05, 4.69) is 23.5 Å². The predicted octanol–water partition coefficient (Wildman–Crippen LogP) is 2.67. The smallest absolute Gasteiger partial charge is 0.224 e. The standard InChI is InChI=1S/C15H22N2O/c1-3-17(4-2)15(18)11-13-10-9-12-7-5-6-8-14(12)16-13/h5-8,13,16H,3-4,9-11H2,1-2H3/t13-/m1/s1. The Kier molecular flexibility index (Phi) is 4.24. The summed E-state index contributed by atoms with van der Waals surface area (Å²) in [5, 5.41) is 3.48. The Morgan fingerprint density at radius 2 is 2.06 bits per heavy atom. The fourth-order valence-electron chi connectivity index (χ4n) is 2.57. The third-order valence-electron chi connectivity index (χ3n) is 3.68. The van der Waals surface area contributed by atoms with Crippen molar-refractivity contribution in [2.45, 2.75) is 39.2 Å². The number of aryl methyl sites for hydroxylation is 1. The highest BCUT2D eigenvalue weighted by molar-refractivity contribution is 5.77. The molecule has 1 aromatic rings. The van der Waals surface area contributed by atoms with Crippen molar-refractivity contribution in [1.82, 2.24) is 4.90 Å². The van der Waals surface area contributed by atoms with Crippen LogP contribution in [-0.4, -0.2) is 29.9 Å². The van der Waals surface area contributed by atoms with Crippen LogP contribution in [0.2, 0.25) is 0 Å². The van der Waals surface area contributed by atoms with Gasteiger partial charge in [0.25, 0.3) is 0 Å². The molecule has 0 saturated carbocycles. The van der Waals surface area contributed by atoms with Gasteiger partial charge in [0.2, 0.25) is 5.91 Å². The molecular weight excluding hydrogens is 224 g/mol. The van der Waals surface area contributed by atoms with Gasteiger partial charge in [-0.15, -0.1) is 0 Å². The number of benzene rings is 1. The average molecular weight is 246 g/mol. The molecule has 0 fully saturated rings. The predicted molar refractivity (Wildman–Crippen MR) is 74.7 cm³/mol. The molecule has 0 saturated heterocycles. The van der Waals surface area contributed by atoms with Crippen molar-refractivity contribution < 1.29 is 4.79 Å². The van der Waals surface area contributed by atoms with Gasteiger partial charge in [-0.1, -0.05) is 18.2 Å². The van der Waals surface area contributed by atoms with Crippen LogP contribution in [0, 0.1) is 0 Å². The van der Waals surface area contributed by atoms with Crippen LogP contribution in [0.15, 0.2) is 24.3 Å². The van der Waals surface area contributed by atoms with Gasteiger partial charge in [-0.25, -0.2) is 0 Å². The lowest BCUT2D eigenvalue weighted by molar-refractivity contribution is -0.131. The van der Waals surface area contributed by atoms with E-state index < -0.39 is 0 Å². The van der Waals surface area contributed by atoms with Crippen LogP contribution in [0.25, 0.3) is 0 Å². The minimum absolute atomic E-state index is 0.261. The lowest BCUT2D eigenvalue weighted by Crippen LogP contribution is -2.36. The van der Waals surface area contributed by atoms with Crippen molar-refractivity contribution in [1.29, 1.82) is 0 Å². The molecule has 1 atom stereocenters. The molecule has 1 aliphatic rings. The van der Waals surface area contributed by atoms with Crippen molar-refractivity contribution in [3.8, 4) is 0 Å². The molecule has 0 spiro atoms. The van der Waals surface area contributed by atoms with Crippen LogP contribution in [0.4, 0.5) is 5.69 Å². The molecule has 0 unspecified atom stereocenters. The second kappa shape index (κ2) is 5.89. The topological polar surface area (TPSA) is 32.3 Å². The largest absolute Gasteiger partial charge is 0.382 e. The molecule has 1 heterocycles. The maximum absolute atomic E-state index is 12.1. The van der Waals surface area contributed by atoms with Crippen LogP contribution in [0.1, 0.15) is 32.3 Å². The number of para-hydroxylation sites is 1. The summed E-state index contributed by atoms with van der Waals surface area (Å²) in [4.78, 5) is 14.0. The van der Waals surface area contributed by atoms with Gasteiger partial charge in [-0.2, -0.15) is 0 Å². The highest BCUT2D eigenvalue weighted by Gasteiger charge is 2.21. The summed E-state index contributed by atoms with van der Waals surface area (Å²) in [6.07, 6.45) is 2.72. The monoisotopic (exact) mass is 246 g/mol. The SMILES string of the molecule is CCN(CC)C(=O)C[C@H]1CCc2ccccc2N1. The molecular formula is C15H22N2O. The summed E-state index contributed by atoms with van der Waals surface area (Å²) >= 11 is 0. The number of hydrogen-bond donors (Lipinski definition) is 1.